The van der Waals surface area contributed by atoms with Crippen molar-refractivity contribution in [1.29, 1.82) is 0 Å². The molecule has 27 heavy (non-hydrogen) atoms. The lowest BCUT2D eigenvalue weighted by Crippen LogP contribution is -2.20. The Kier molecular flexibility index (Phi) is 10.2. The van der Waals surface area contributed by atoms with E-state index in [9.17, 15) is 14.4 Å². The summed E-state index contributed by atoms with van der Waals surface area (Å²) in [4.78, 5) is 34.7. The van der Waals surface area contributed by atoms with Crippen LogP contribution in [-0.4, -0.2) is 30.9 Å². The van der Waals surface area contributed by atoms with Crippen molar-refractivity contribution in [3.8, 4) is 11.5 Å². The van der Waals surface area contributed by atoms with Gasteiger partial charge in [0.2, 0.25) is 0 Å². The Morgan fingerprint density at radius 2 is 1.78 bits per heavy atom. The first-order valence-corrected chi connectivity index (χ1v) is 9.40. The fourth-order valence-electron chi connectivity index (χ4n) is 2.81. The van der Waals surface area contributed by atoms with Gasteiger partial charge in [0, 0.05) is 26.7 Å². The third-order valence-corrected chi connectivity index (χ3v) is 4.09. The van der Waals surface area contributed by atoms with Gasteiger partial charge in [-0.3, -0.25) is 14.4 Å². The molecule has 0 heterocycles. The van der Waals surface area contributed by atoms with Crippen LogP contribution in [0.25, 0.3) is 0 Å². The standard InChI is InChI=1S/C21H30O6/c1-5-6-7-8-19(26-15(2)22)14-18(24)11-9-17-10-12-20(27-16(3)23)21(13-17)25-4/h10,12-13,19H,5-9,11,14H2,1-4H3/t19-/m0/s1. The van der Waals surface area contributed by atoms with Gasteiger partial charge in [-0.1, -0.05) is 25.8 Å². The van der Waals surface area contributed by atoms with E-state index < -0.39 is 5.97 Å². The van der Waals surface area contributed by atoms with Gasteiger partial charge in [-0.25, -0.2) is 0 Å². The van der Waals surface area contributed by atoms with Gasteiger partial charge < -0.3 is 14.2 Å². The molecule has 0 radical (unpaired) electrons. The average Bonchev–Trinajstić information content (AvgIpc) is 2.60. The summed E-state index contributed by atoms with van der Waals surface area (Å²) in [5, 5.41) is 0. The summed E-state index contributed by atoms with van der Waals surface area (Å²) in [6, 6.07) is 5.22. The molecule has 1 aromatic carbocycles. The van der Waals surface area contributed by atoms with Crippen molar-refractivity contribution < 1.29 is 28.6 Å². The lowest BCUT2D eigenvalue weighted by atomic mass is 10.0. The van der Waals surface area contributed by atoms with Crippen LogP contribution in [0.5, 0.6) is 11.5 Å². The molecule has 0 aliphatic rings. The molecule has 0 saturated carbocycles. The predicted octanol–water partition coefficient (Wildman–Crippen LogP) is 4.02. The van der Waals surface area contributed by atoms with E-state index in [4.69, 9.17) is 14.2 Å². The molecule has 1 aromatic rings. The van der Waals surface area contributed by atoms with Crippen LogP contribution in [-0.2, 0) is 25.5 Å². The minimum atomic E-state index is -0.421. The number of esters is 2. The Morgan fingerprint density at radius 1 is 1.04 bits per heavy atom. The Hall–Kier alpha value is -2.37. The molecule has 0 unspecified atom stereocenters. The molecule has 150 valence electrons. The van der Waals surface area contributed by atoms with Crippen LogP contribution in [0.4, 0.5) is 0 Å². The monoisotopic (exact) mass is 378 g/mol. The zero-order valence-electron chi connectivity index (χ0n) is 16.7. The lowest BCUT2D eigenvalue weighted by molar-refractivity contribution is -0.148. The molecular weight excluding hydrogens is 348 g/mol. The number of hydrogen-bond acceptors (Lipinski definition) is 6. The van der Waals surface area contributed by atoms with Crippen molar-refractivity contribution in [2.75, 3.05) is 7.11 Å². The second-order valence-electron chi connectivity index (χ2n) is 6.55. The van der Waals surface area contributed by atoms with Gasteiger partial charge in [-0.15, -0.1) is 0 Å². The second-order valence-corrected chi connectivity index (χ2v) is 6.55. The van der Waals surface area contributed by atoms with E-state index in [1.54, 1.807) is 18.2 Å². The van der Waals surface area contributed by atoms with Gasteiger partial charge in [0.25, 0.3) is 0 Å². The van der Waals surface area contributed by atoms with Gasteiger partial charge >= 0.3 is 11.9 Å². The quantitative estimate of drug-likeness (QED) is 0.310. The molecule has 0 N–H and O–H groups in total. The summed E-state index contributed by atoms with van der Waals surface area (Å²) in [5.74, 6) is 0.0881. The van der Waals surface area contributed by atoms with E-state index >= 15 is 0 Å². The molecule has 0 amide bonds. The number of benzene rings is 1. The second kappa shape index (κ2) is 12.1. The lowest BCUT2D eigenvalue weighted by Gasteiger charge is -2.16. The predicted molar refractivity (Wildman–Crippen MR) is 102 cm³/mol. The molecule has 1 atom stereocenters. The third kappa shape index (κ3) is 9.22. The number of carbonyl (C=O) groups is 3. The zero-order chi connectivity index (χ0) is 20.2. The maximum Gasteiger partial charge on any atom is 0.308 e. The van der Waals surface area contributed by atoms with Crippen LogP contribution in [0.1, 0.15) is 64.9 Å². The summed E-state index contributed by atoms with van der Waals surface area (Å²) in [7, 11) is 1.50. The first-order chi connectivity index (χ1) is 12.8. The van der Waals surface area contributed by atoms with Crippen LogP contribution in [0.3, 0.4) is 0 Å². The average molecular weight is 378 g/mol. The van der Waals surface area contributed by atoms with Crippen molar-refractivity contribution >= 4 is 17.7 Å². The molecular formula is C21H30O6. The highest BCUT2D eigenvalue weighted by molar-refractivity contribution is 5.79. The van der Waals surface area contributed by atoms with E-state index in [-0.39, 0.29) is 24.3 Å². The van der Waals surface area contributed by atoms with Gasteiger partial charge in [0.15, 0.2) is 11.5 Å². The van der Waals surface area contributed by atoms with Crippen molar-refractivity contribution in [3.05, 3.63) is 23.8 Å². The Balaban J connectivity index is 2.60. The van der Waals surface area contributed by atoms with Gasteiger partial charge in [-0.2, -0.15) is 0 Å². The van der Waals surface area contributed by atoms with Crippen LogP contribution in [0.15, 0.2) is 18.2 Å². The SMILES string of the molecule is CCCCC[C@@H](CC(=O)CCc1ccc(OC(C)=O)c(OC)c1)OC(C)=O. The first kappa shape index (κ1) is 22.7. The highest BCUT2D eigenvalue weighted by Crippen LogP contribution is 2.28. The van der Waals surface area contributed by atoms with Gasteiger partial charge in [0.05, 0.1) is 7.11 Å². The van der Waals surface area contributed by atoms with Crippen LogP contribution in [0.2, 0.25) is 0 Å². The number of ketones is 1. The number of Topliss-reactive ketones (excluding diaryl/α,β-unsaturated/α-hetero) is 1. The van der Waals surface area contributed by atoms with Crippen LogP contribution in [0, 0.1) is 0 Å². The highest BCUT2D eigenvalue weighted by Gasteiger charge is 2.17. The minimum absolute atomic E-state index is 0.0563. The maximum absolute atomic E-state index is 12.3. The number of ether oxygens (including phenoxy) is 3. The molecule has 0 aromatic heterocycles. The molecule has 0 fully saturated rings. The molecule has 0 saturated heterocycles. The zero-order valence-corrected chi connectivity index (χ0v) is 16.7. The Morgan fingerprint density at radius 3 is 2.37 bits per heavy atom. The van der Waals surface area contributed by atoms with Crippen molar-refractivity contribution in [2.45, 2.75) is 71.8 Å². The fraction of sp³-hybridized carbons (Fsp3) is 0.571. The smallest absolute Gasteiger partial charge is 0.308 e. The molecule has 6 nitrogen and oxygen atoms in total. The number of aryl methyl sites for hydroxylation is 1. The third-order valence-electron chi connectivity index (χ3n) is 4.09. The summed E-state index contributed by atoms with van der Waals surface area (Å²) in [6.07, 6.45) is 4.57. The molecule has 0 aliphatic heterocycles. The number of methoxy groups -OCH3 is 1. The molecule has 0 bridgehead atoms. The van der Waals surface area contributed by atoms with Gasteiger partial charge in [0.1, 0.15) is 11.9 Å². The largest absolute Gasteiger partial charge is 0.493 e. The number of rotatable bonds is 12. The minimum Gasteiger partial charge on any atom is -0.493 e. The van der Waals surface area contributed by atoms with E-state index in [0.29, 0.717) is 30.8 Å². The van der Waals surface area contributed by atoms with Crippen molar-refractivity contribution in [3.63, 3.8) is 0 Å². The molecule has 0 spiro atoms. The van der Waals surface area contributed by atoms with Crippen LogP contribution < -0.4 is 9.47 Å². The van der Waals surface area contributed by atoms with E-state index in [2.05, 4.69) is 6.92 Å². The van der Waals surface area contributed by atoms with Crippen molar-refractivity contribution in [2.24, 2.45) is 0 Å². The summed E-state index contributed by atoms with van der Waals surface area (Å²) in [6.45, 7) is 4.80. The Labute approximate surface area is 161 Å². The summed E-state index contributed by atoms with van der Waals surface area (Å²) >= 11 is 0. The van der Waals surface area contributed by atoms with Crippen molar-refractivity contribution in [1.82, 2.24) is 0 Å². The topological polar surface area (TPSA) is 78.9 Å². The number of carbonyl (C=O) groups excluding carboxylic acids is 3. The highest BCUT2D eigenvalue weighted by atomic mass is 16.6. The summed E-state index contributed by atoms with van der Waals surface area (Å²) in [5.41, 5.74) is 0.908. The van der Waals surface area contributed by atoms with Crippen LogP contribution >= 0.6 is 0 Å². The number of unbranched alkanes of at least 4 members (excludes halogenated alkanes) is 2. The Bertz CT molecular complexity index is 638. The first-order valence-electron chi connectivity index (χ1n) is 9.40. The fourth-order valence-corrected chi connectivity index (χ4v) is 2.81. The van der Waals surface area contributed by atoms with E-state index in [1.165, 1.54) is 21.0 Å². The van der Waals surface area contributed by atoms with E-state index in [0.717, 1.165) is 24.8 Å². The molecule has 1 rings (SSSR count). The molecule has 0 aliphatic carbocycles. The van der Waals surface area contributed by atoms with E-state index in [1.807, 2.05) is 0 Å². The maximum atomic E-state index is 12.3. The summed E-state index contributed by atoms with van der Waals surface area (Å²) < 4.78 is 15.6. The van der Waals surface area contributed by atoms with Gasteiger partial charge in [-0.05, 0) is 37.0 Å². The number of hydrogen-bond donors (Lipinski definition) is 0. The normalized spacial score (nSPS) is 11.6. The molecule has 6 heteroatoms.